The Hall–Kier alpha value is -1.96. The highest BCUT2D eigenvalue weighted by Gasteiger charge is 2.19. The van der Waals surface area contributed by atoms with Crippen molar-refractivity contribution >= 4 is 9.84 Å². The normalized spacial score (nSPS) is 11.4. The smallest absolute Gasteiger partial charge is 0.243 e. The monoisotopic (exact) mass is 271 g/mol. The molecule has 1 N–H and O–H groups in total. The van der Waals surface area contributed by atoms with Gasteiger partial charge >= 0.3 is 0 Å². The van der Waals surface area contributed by atoms with Gasteiger partial charge in [0.1, 0.15) is 6.33 Å². The molecule has 6 nitrogen and oxygen atoms in total. The predicted molar refractivity (Wildman–Crippen MR) is 60.2 cm³/mol. The lowest BCUT2D eigenvalue weighted by molar-refractivity contribution is 0.386. The van der Waals surface area contributed by atoms with Crippen molar-refractivity contribution in [3.8, 4) is 5.75 Å². The van der Waals surface area contributed by atoms with E-state index in [1.165, 1.54) is 19.2 Å². The van der Waals surface area contributed by atoms with E-state index < -0.39 is 15.7 Å². The first kappa shape index (κ1) is 12.5. The van der Waals surface area contributed by atoms with Gasteiger partial charge in [-0.1, -0.05) is 6.07 Å². The highest BCUT2D eigenvalue weighted by atomic mass is 32.2. The number of H-pyrrole nitrogens is 1. The van der Waals surface area contributed by atoms with Crippen molar-refractivity contribution in [3.05, 3.63) is 35.9 Å². The third-order valence-electron chi connectivity index (χ3n) is 2.26. The van der Waals surface area contributed by atoms with Crippen LogP contribution in [0.25, 0.3) is 0 Å². The van der Waals surface area contributed by atoms with Gasteiger partial charge in [-0.3, -0.25) is 5.10 Å². The van der Waals surface area contributed by atoms with Crippen LogP contribution in [0, 0.1) is 5.82 Å². The van der Waals surface area contributed by atoms with Crippen LogP contribution in [0.15, 0.2) is 29.7 Å². The van der Waals surface area contributed by atoms with Gasteiger partial charge in [-0.2, -0.15) is 5.10 Å². The number of sulfone groups is 1. The second kappa shape index (κ2) is 4.73. The Morgan fingerprint density at radius 3 is 2.78 bits per heavy atom. The van der Waals surface area contributed by atoms with Gasteiger partial charge in [0.25, 0.3) is 0 Å². The van der Waals surface area contributed by atoms with Crippen molar-refractivity contribution in [3.63, 3.8) is 0 Å². The van der Waals surface area contributed by atoms with Gasteiger partial charge in [0.05, 0.1) is 12.9 Å². The van der Waals surface area contributed by atoms with Crippen LogP contribution < -0.4 is 4.74 Å². The van der Waals surface area contributed by atoms with E-state index in [0.29, 0.717) is 5.56 Å². The van der Waals surface area contributed by atoms with Crippen molar-refractivity contribution in [2.45, 2.75) is 10.9 Å². The molecule has 1 aromatic heterocycles. The van der Waals surface area contributed by atoms with Crippen LogP contribution >= 0.6 is 0 Å². The minimum Gasteiger partial charge on any atom is -0.494 e. The average molecular weight is 271 g/mol. The van der Waals surface area contributed by atoms with Crippen LogP contribution in [-0.4, -0.2) is 30.7 Å². The summed E-state index contributed by atoms with van der Waals surface area (Å²) in [6.07, 6.45) is 1.10. The van der Waals surface area contributed by atoms with Crippen molar-refractivity contribution in [2.75, 3.05) is 7.11 Å². The molecule has 1 heterocycles. The summed E-state index contributed by atoms with van der Waals surface area (Å²) in [5.74, 6) is -0.901. The highest BCUT2D eigenvalue weighted by Crippen LogP contribution is 2.20. The zero-order valence-corrected chi connectivity index (χ0v) is 10.2. The predicted octanol–water partition coefficient (Wildman–Crippen LogP) is 0.926. The molecule has 2 aromatic rings. The summed E-state index contributed by atoms with van der Waals surface area (Å²) in [5, 5.41) is 5.50. The summed E-state index contributed by atoms with van der Waals surface area (Å²) < 4.78 is 41.8. The zero-order chi connectivity index (χ0) is 13.2. The molecule has 0 radical (unpaired) electrons. The van der Waals surface area contributed by atoms with Crippen LogP contribution in [0.2, 0.25) is 0 Å². The van der Waals surface area contributed by atoms with E-state index >= 15 is 0 Å². The van der Waals surface area contributed by atoms with E-state index in [1.54, 1.807) is 0 Å². The number of halogens is 1. The number of aromatic amines is 1. The van der Waals surface area contributed by atoms with E-state index in [-0.39, 0.29) is 16.7 Å². The first-order valence-corrected chi connectivity index (χ1v) is 6.58. The van der Waals surface area contributed by atoms with Gasteiger partial charge in [-0.15, -0.1) is 0 Å². The lowest BCUT2D eigenvalue weighted by Gasteiger charge is -2.04. The largest absolute Gasteiger partial charge is 0.494 e. The van der Waals surface area contributed by atoms with E-state index in [0.717, 1.165) is 12.4 Å². The van der Waals surface area contributed by atoms with Gasteiger partial charge in [0, 0.05) is 0 Å². The number of hydrogen-bond acceptors (Lipinski definition) is 5. The molecule has 0 fully saturated rings. The fraction of sp³-hybridized carbons (Fsp3) is 0.200. The Bertz CT molecular complexity index is 640. The van der Waals surface area contributed by atoms with Gasteiger partial charge < -0.3 is 4.74 Å². The number of benzene rings is 1. The third-order valence-corrected chi connectivity index (χ3v) is 3.76. The number of hydrogen-bond donors (Lipinski definition) is 1. The lowest BCUT2D eigenvalue weighted by atomic mass is 10.2. The van der Waals surface area contributed by atoms with E-state index in [1.807, 2.05) is 0 Å². The molecule has 0 saturated carbocycles. The number of aromatic nitrogens is 3. The average Bonchev–Trinajstić information content (AvgIpc) is 2.82. The number of methoxy groups -OCH3 is 1. The van der Waals surface area contributed by atoms with Gasteiger partial charge in [0.15, 0.2) is 11.6 Å². The molecule has 1 aromatic carbocycles. The molecule has 0 unspecified atom stereocenters. The second-order valence-corrected chi connectivity index (χ2v) is 5.42. The number of rotatable bonds is 4. The maximum atomic E-state index is 13.4. The standard InChI is InChI=1S/C10H10FN3O3S/c1-17-9-3-2-7(4-8(9)11)5-18(15,16)10-12-6-13-14-10/h2-4,6H,5H2,1H3,(H,12,13,14). The molecule has 18 heavy (non-hydrogen) atoms. The van der Waals surface area contributed by atoms with E-state index in [9.17, 15) is 12.8 Å². The van der Waals surface area contributed by atoms with Crippen molar-refractivity contribution < 1.29 is 17.5 Å². The zero-order valence-electron chi connectivity index (χ0n) is 9.42. The Balaban J connectivity index is 2.27. The van der Waals surface area contributed by atoms with Gasteiger partial charge in [-0.25, -0.2) is 17.8 Å². The molecule has 0 atom stereocenters. The Morgan fingerprint density at radius 2 is 2.22 bits per heavy atom. The topological polar surface area (TPSA) is 84.9 Å². The van der Waals surface area contributed by atoms with Crippen molar-refractivity contribution in [1.29, 1.82) is 0 Å². The molecule has 8 heteroatoms. The fourth-order valence-corrected chi connectivity index (χ4v) is 2.59. The first-order valence-electron chi connectivity index (χ1n) is 4.93. The summed E-state index contributed by atoms with van der Waals surface area (Å²) >= 11 is 0. The second-order valence-electron chi connectivity index (χ2n) is 3.52. The summed E-state index contributed by atoms with van der Waals surface area (Å²) in [6, 6.07) is 3.98. The van der Waals surface area contributed by atoms with Gasteiger partial charge in [-0.05, 0) is 17.7 Å². The molecule has 0 aliphatic carbocycles. The van der Waals surface area contributed by atoms with Gasteiger partial charge in [0.2, 0.25) is 15.0 Å². The van der Waals surface area contributed by atoms with Crippen LogP contribution in [-0.2, 0) is 15.6 Å². The molecular weight excluding hydrogens is 261 g/mol. The Morgan fingerprint density at radius 1 is 1.44 bits per heavy atom. The fourth-order valence-electron chi connectivity index (χ4n) is 1.43. The quantitative estimate of drug-likeness (QED) is 0.894. The molecule has 96 valence electrons. The SMILES string of the molecule is COc1ccc(CS(=O)(=O)c2ncn[nH]2)cc1F. The molecule has 0 aliphatic rings. The molecule has 0 saturated heterocycles. The third kappa shape index (κ3) is 2.48. The summed E-state index contributed by atoms with van der Waals surface area (Å²) in [7, 11) is -2.31. The summed E-state index contributed by atoms with van der Waals surface area (Å²) in [4.78, 5) is 3.57. The Kier molecular flexibility index (Phi) is 3.28. The molecular formula is C10H10FN3O3S. The summed E-state index contributed by atoms with van der Waals surface area (Å²) in [6.45, 7) is 0. The number of nitrogens with zero attached hydrogens (tertiary/aromatic N) is 2. The Labute approximate surface area is 103 Å². The maximum Gasteiger partial charge on any atom is 0.243 e. The minimum atomic E-state index is -3.64. The van der Waals surface area contributed by atoms with Crippen LogP contribution in [0.5, 0.6) is 5.75 Å². The lowest BCUT2D eigenvalue weighted by Crippen LogP contribution is -2.07. The van der Waals surface area contributed by atoms with Crippen LogP contribution in [0.3, 0.4) is 0 Å². The van der Waals surface area contributed by atoms with Crippen molar-refractivity contribution in [1.82, 2.24) is 15.2 Å². The molecule has 0 spiro atoms. The number of ether oxygens (including phenoxy) is 1. The summed E-state index contributed by atoms with van der Waals surface area (Å²) in [5.41, 5.74) is 0.310. The number of nitrogens with one attached hydrogen (secondary N) is 1. The van der Waals surface area contributed by atoms with Crippen molar-refractivity contribution in [2.24, 2.45) is 0 Å². The first-order chi connectivity index (χ1) is 8.53. The maximum absolute atomic E-state index is 13.4. The molecule has 0 aliphatic heterocycles. The van der Waals surface area contributed by atoms with E-state index in [2.05, 4.69) is 15.2 Å². The van der Waals surface area contributed by atoms with Crippen LogP contribution in [0.4, 0.5) is 4.39 Å². The molecule has 0 amide bonds. The minimum absolute atomic E-state index is 0.0656. The molecule has 2 rings (SSSR count). The van der Waals surface area contributed by atoms with Crippen LogP contribution in [0.1, 0.15) is 5.56 Å². The highest BCUT2D eigenvalue weighted by molar-refractivity contribution is 7.90. The molecule has 0 bridgehead atoms. The van der Waals surface area contributed by atoms with E-state index in [4.69, 9.17) is 4.74 Å².